The SMILES string of the molecule is CCN1C(=O)c2cccnc2Sc2cc(CNC(=O)c3c(OC)cccc3OC)ccc21. The van der Waals surface area contributed by atoms with Gasteiger partial charge < -0.3 is 19.7 Å². The van der Waals surface area contributed by atoms with Gasteiger partial charge in [0.1, 0.15) is 22.1 Å². The zero-order valence-electron chi connectivity index (χ0n) is 18.0. The smallest absolute Gasteiger partial charge is 0.261 e. The Morgan fingerprint density at radius 1 is 1.09 bits per heavy atom. The predicted molar refractivity (Wildman–Crippen MR) is 123 cm³/mol. The lowest BCUT2D eigenvalue weighted by molar-refractivity contribution is 0.0943. The van der Waals surface area contributed by atoms with Crippen molar-refractivity contribution in [3.63, 3.8) is 0 Å². The molecule has 7 nitrogen and oxygen atoms in total. The molecule has 0 bridgehead atoms. The van der Waals surface area contributed by atoms with E-state index in [-0.39, 0.29) is 11.8 Å². The first kappa shape index (κ1) is 21.7. The molecule has 32 heavy (non-hydrogen) atoms. The van der Waals surface area contributed by atoms with Crippen molar-refractivity contribution in [2.45, 2.75) is 23.4 Å². The fraction of sp³-hybridized carbons (Fsp3) is 0.208. The highest BCUT2D eigenvalue weighted by atomic mass is 32.2. The highest BCUT2D eigenvalue weighted by molar-refractivity contribution is 7.99. The summed E-state index contributed by atoms with van der Waals surface area (Å²) >= 11 is 1.46. The minimum atomic E-state index is -0.292. The Labute approximate surface area is 190 Å². The largest absolute Gasteiger partial charge is 0.496 e. The number of amides is 2. The molecule has 0 radical (unpaired) electrons. The van der Waals surface area contributed by atoms with E-state index in [4.69, 9.17) is 9.47 Å². The molecule has 8 heteroatoms. The summed E-state index contributed by atoms with van der Waals surface area (Å²) in [5.41, 5.74) is 2.68. The fourth-order valence-corrected chi connectivity index (χ4v) is 4.71. The van der Waals surface area contributed by atoms with E-state index in [9.17, 15) is 9.59 Å². The van der Waals surface area contributed by atoms with Crippen LogP contribution in [-0.2, 0) is 6.54 Å². The molecule has 3 aromatic rings. The molecule has 2 heterocycles. The molecule has 4 rings (SSSR count). The van der Waals surface area contributed by atoms with E-state index in [1.54, 1.807) is 41.4 Å². The average molecular weight is 450 g/mol. The van der Waals surface area contributed by atoms with Crippen molar-refractivity contribution in [2.24, 2.45) is 0 Å². The van der Waals surface area contributed by atoms with Gasteiger partial charge in [0.15, 0.2) is 0 Å². The Balaban J connectivity index is 1.60. The number of rotatable bonds is 6. The van der Waals surface area contributed by atoms with Crippen LogP contribution in [0.1, 0.15) is 33.2 Å². The summed E-state index contributed by atoms with van der Waals surface area (Å²) in [5, 5.41) is 3.61. The molecule has 2 amide bonds. The van der Waals surface area contributed by atoms with Gasteiger partial charge in [0, 0.05) is 24.2 Å². The van der Waals surface area contributed by atoms with Gasteiger partial charge in [-0.1, -0.05) is 23.9 Å². The van der Waals surface area contributed by atoms with Crippen LogP contribution in [0, 0.1) is 0 Å². The first-order valence-electron chi connectivity index (χ1n) is 10.1. The topological polar surface area (TPSA) is 80.8 Å². The van der Waals surface area contributed by atoms with E-state index < -0.39 is 0 Å². The molecule has 1 aromatic heterocycles. The van der Waals surface area contributed by atoms with Crippen LogP contribution in [0.15, 0.2) is 64.6 Å². The van der Waals surface area contributed by atoms with Crippen molar-refractivity contribution in [2.75, 3.05) is 25.7 Å². The summed E-state index contributed by atoms with van der Waals surface area (Å²) in [4.78, 5) is 32.9. The molecule has 164 valence electrons. The molecule has 0 spiro atoms. The van der Waals surface area contributed by atoms with E-state index in [0.29, 0.717) is 40.7 Å². The van der Waals surface area contributed by atoms with Crippen LogP contribution in [-0.4, -0.2) is 37.6 Å². The molecule has 1 N–H and O–H groups in total. The summed E-state index contributed by atoms with van der Waals surface area (Å²) in [6, 6.07) is 14.6. The van der Waals surface area contributed by atoms with Crippen LogP contribution in [0.3, 0.4) is 0 Å². The van der Waals surface area contributed by atoms with Gasteiger partial charge in [-0.15, -0.1) is 0 Å². The van der Waals surface area contributed by atoms with Crippen LogP contribution in [0.5, 0.6) is 11.5 Å². The van der Waals surface area contributed by atoms with Gasteiger partial charge in [-0.25, -0.2) is 4.98 Å². The van der Waals surface area contributed by atoms with Crippen LogP contribution in [0.25, 0.3) is 0 Å². The molecule has 0 aliphatic carbocycles. The van der Waals surface area contributed by atoms with Gasteiger partial charge >= 0.3 is 0 Å². The number of aromatic nitrogens is 1. The minimum absolute atomic E-state index is 0.0637. The standard InChI is InChI=1S/C24H23N3O4S/c1-4-27-17-11-10-15(13-20(17)32-23-16(24(27)29)7-6-12-25-23)14-26-22(28)21-18(30-2)8-5-9-19(21)31-3/h5-13H,4,14H2,1-3H3,(H,26,28). The van der Waals surface area contributed by atoms with Crippen molar-refractivity contribution in [3.05, 3.63) is 71.4 Å². The number of carbonyl (C=O) groups excluding carboxylic acids is 2. The van der Waals surface area contributed by atoms with Crippen LogP contribution in [0.4, 0.5) is 5.69 Å². The zero-order valence-corrected chi connectivity index (χ0v) is 18.9. The number of hydrogen-bond acceptors (Lipinski definition) is 6. The third-order valence-electron chi connectivity index (χ3n) is 5.19. The quantitative estimate of drug-likeness (QED) is 0.609. The summed E-state index contributed by atoms with van der Waals surface area (Å²) in [6.45, 7) is 2.80. The maximum atomic E-state index is 13.0. The number of methoxy groups -OCH3 is 2. The molecule has 0 saturated heterocycles. The second kappa shape index (κ2) is 9.32. The normalized spacial score (nSPS) is 12.5. The van der Waals surface area contributed by atoms with Gasteiger partial charge in [-0.2, -0.15) is 0 Å². The van der Waals surface area contributed by atoms with Crippen molar-refractivity contribution in [3.8, 4) is 11.5 Å². The molecular weight excluding hydrogens is 426 g/mol. The lowest BCUT2D eigenvalue weighted by Crippen LogP contribution is -2.30. The first-order valence-corrected chi connectivity index (χ1v) is 11.0. The van der Waals surface area contributed by atoms with E-state index in [2.05, 4.69) is 10.3 Å². The van der Waals surface area contributed by atoms with Crippen molar-refractivity contribution >= 4 is 29.3 Å². The molecule has 0 saturated carbocycles. The van der Waals surface area contributed by atoms with Crippen molar-refractivity contribution in [1.82, 2.24) is 10.3 Å². The Morgan fingerprint density at radius 2 is 1.84 bits per heavy atom. The molecule has 0 atom stereocenters. The van der Waals surface area contributed by atoms with E-state index in [0.717, 1.165) is 16.1 Å². The van der Waals surface area contributed by atoms with Crippen molar-refractivity contribution < 1.29 is 19.1 Å². The van der Waals surface area contributed by atoms with Crippen LogP contribution in [0.2, 0.25) is 0 Å². The Kier molecular flexibility index (Phi) is 6.32. The number of nitrogens with one attached hydrogen (secondary N) is 1. The van der Waals surface area contributed by atoms with Crippen molar-refractivity contribution in [1.29, 1.82) is 0 Å². The van der Waals surface area contributed by atoms with E-state index in [1.807, 2.05) is 25.1 Å². The molecule has 0 unspecified atom stereocenters. The highest BCUT2D eigenvalue weighted by Crippen LogP contribution is 2.40. The summed E-state index contributed by atoms with van der Waals surface area (Å²) in [5.74, 6) is 0.531. The first-order chi connectivity index (χ1) is 15.6. The Bertz CT molecular complexity index is 1160. The third kappa shape index (κ3) is 4.01. The molecule has 2 aromatic carbocycles. The average Bonchev–Trinajstić information content (AvgIpc) is 2.95. The number of pyridine rings is 1. The molecule has 0 fully saturated rings. The van der Waals surface area contributed by atoms with Gasteiger partial charge in [0.2, 0.25) is 0 Å². The van der Waals surface area contributed by atoms with Gasteiger partial charge in [0.25, 0.3) is 11.8 Å². The summed E-state index contributed by atoms with van der Waals surface area (Å²) < 4.78 is 10.7. The monoisotopic (exact) mass is 449 g/mol. The van der Waals surface area contributed by atoms with E-state index >= 15 is 0 Å². The fourth-order valence-electron chi connectivity index (χ4n) is 3.63. The van der Waals surface area contributed by atoms with Gasteiger partial charge in [-0.05, 0) is 48.9 Å². The summed E-state index contributed by atoms with van der Waals surface area (Å²) in [7, 11) is 3.03. The number of anilines is 1. The molecule has 1 aliphatic heterocycles. The van der Waals surface area contributed by atoms with Crippen LogP contribution < -0.4 is 19.7 Å². The number of fused-ring (bicyclic) bond motifs is 2. The number of carbonyl (C=O) groups is 2. The lowest BCUT2D eigenvalue weighted by Gasteiger charge is -2.21. The van der Waals surface area contributed by atoms with Gasteiger partial charge in [0.05, 0.1) is 25.5 Å². The second-order valence-electron chi connectivity index (χ2n) is 7.03. The summed E-state index contributed by atoms with van der Waals surface area (Å²) in [6.07, 6.45) is 1.69. The highest BCUT2D eigenvalue weighted by Gasteiger charge is 2.27. The number of ether oxygens (including phenoxy) is 2. The lowest BCUT2D eigenvalue weighted by atomic mass is 10.1. The predicted octanol–water partition coefficient (Wildman–Crippen LogP) is 4.16. The Morgan fingerprint density at radius 3 is 2.53 bits per heavy atom. The second-order valence-corrected chi connectivity index (χ2v) is 8.06. The van der Waals surface area contributed by atoms with Crippen LogP contribution >= 0.6 is 11.8 Å². The third-order valence-corrected chi connectivity index (χ3v) is 6.26. The number of benzene rings is 2. The molecular formula is C24H23N3O4S. The van der Waals surface area contributed by atoms with Gasteiger partial charge in [-0.3, -0.25) is 9.59 Å². The zero-order chi connectivity index (χ0) is 22.7. The maximum Gasteiger partial charge on any atom is 0.261 e. The van der Waals surface area contributed by atoms with E-state index in [1.165, 1.54) is 26.0 Å². The number of hydrogen-bond donors (Lipinski definition) is 1. The Hall–Kier alpha value is -3.52. The molecule has 1 aliphatic rings. The number of nitrogens with zero attached hydrogens (tertiary/aromatic N) is 2. The maximum absolute atomic E-state index is 13.0. The minimum Gasteiger partial charge on any atom is -0.496 e.